The third-order valence-corrected chi connectivity index (χ3v) is 5.00. The summed E-state index contributed by atoms with van der Waals surface area (Å²) in [5.41, 5.74) is 3.13. The number of hydrogen-bond donors (Lipinski definition) is 0. The Morgan fingerprint density at radius 1 is 1.27 bits per heavy atom. The third-order valence-electron chi connectivity index (χ3n) is 5.00. The summed E-state index contributed by atoms with van der Waals surface area (Å²) in [6, 6.07) is 8.31. The molecule has 5 heteroatoms. The van der Waals surface area contributed by atoms with Gasteiger partial charge in [-0.15, -0.1) is 0 Å². The summed E-state index contributed by atoms with van der Waals surface area (Å²) in [4.78, 5) is 14.9. The molecule has 0 radical (unpaired) electrons. The van der Waals surface area contributed by atoms with Crippen LogP contribution >= 0.6 is 0 Å². The molecule has 2 aliphatic rings. The van der Waals surface area contributed by atoms with Crippen molar-refractivity contribution in [2.24, 2.45) is 0 Å². The number of rotatable bonds is 1. The zero-order valence-electron chi connectivity index (χ0n) is 12.9. The van der Waals surface area contributed by atoms with Gasteiger partial charge in [0.25, 0.3) is 0 Å². The number of carbonyl (C=O) groups is 1. The Bertz CT molecular complexity index is 737. The average Bonchev–Trinajstić information content (AvgIpc) is 3.15. The lowest BCUT2D eigenvalue weighted by Crippen LogP contribution is -2.36. The Hall–Kier alpha value is -1.85. The lowest BCUT2D eigenvalue weighted by atomic mass is 9.95. The van der Waals surface area contributed by atoms with Gasteiger partial charge in [-0.2, -0.15) is 0 Å². The molecule has 0 spiro atoms. The number of aromatic nitrogens is 1. The van der Waals surface area contributed by atoms with Crippen molar-refractivity contribution >= 4 is 17.0 Å². The average molecular weight is 300 g/mol. The zero-order valence-corrected chi connectivity index (χ0v) is 12.9. The summed E-state index contributed by atoms with van der Waals surface area (Å²) in [7, 11) is 3.18. The number of fused-ring (bicyclic) bond motifs is 5. The van der Waals surface area contributed by atoms with Crippen molar-refractivity contribution in [2.45, 2.75) is 25.0 Å². The highest BCUT2D eigenvalue weighted by Gasteiger charge is 2.41. The Morgan fingerprint density at radius 2 is 2.09 bits per heavy atom. The van der Waals surface area contributed by atoms with E-state index in [9.17, 15) is 4.79 Å². The highest BCUT2D eigenvalue weighted by molar-refractivity contribution is 5.94. The number of hydrogen-bond acceptors (Lipinski definition) is 4. The van der Waals surface area contributed by atoms with E-state index in [4.69, 9.17) is 9.47 Å². The van der Waals surface area contributed by atoms with Crippen LogP contribution in [0.5, 0.6) is 0 Å². The van der Waals surface area contributed by atoms with E-state index < -0.39 is 0 Å². The van der Waals surface area contributed by atoms with Crippen LogP contribution in [0.15, 0.2) is 24.3 Å². The van der Waals surface area contributed by atoms with Crippen LogP contribution < -0.4 is 0 Å². The Labute approximate surface area is 129 Å². The fourth-order valence-electron chi connectivity index (χ4n) is 4.09. The third kappa shape index (κ3) is 1.76. The topological polar surface area (TPSA) is 43.7 Å². The lowest BCUT2D eigenvalue weighted by Gasteiger charge is -2.35. The van der Waals surface area contributed by atoms with Crippen LogP contribution in [0.3, 0.4) is 0 Å². The van der Waals surface area contributed by atoms with E-state index in [-0.39, 0.29) is 18.2 Å². The Kier molecular flexibility index (Phi) is 3.20. The van der Waals surface area contributed by atoms with Crippen molar-refractivity contribution in [1.82, 2.24) is 9.47 Å². The number of benzene rings is 1. The molecule has 2 aliphatic heterocycles. The number of ether oxygens (including phenoxy) is 2. The van der Waals surface area contributed by atoms with Crippen LogP contribution in [0, 0.1) is 0 Å². The van der Waals surface area contributed by atoms with Gasteiger partial charge in [-0.25, -0.2) is 9.36 Å². The van der Waals surface area contributed by atoms with E-state index in [0.29, 0.717) is 0 Å². The summed E-state index contributed by atoms with van der Waals surface area (Å²) in [6.45, 7) is 1.95. The molecule has 0 amide bonds. The number of nitrogens with zero attached hydrogens (tertiary/aromatic N) is 2. The molecule has 0 saturated carbocycles. The van der Waals surface area contributed by atoms with Crippen LogP contribution in [-0.2, 0) is 9.47 Å². The fraction of sp³-hybridized carbons (Fsp3) is 0.471. The maximum atomic E-state index is 12.4. The van der Waals surface area contributed by atoms with Gasteiger partial charge in [0.15, 0.2) is 0 Å². The van der Waals surface area contributed by atoms with E-state index in [1.165, 1.54) is 7.11 Å². The molecule has 1 fully saturated rings. The minimum atomic E-state index is -0.318. The first-order valence-corrected chi connectivity index (χ1v) is 7.74. The minimum Gasteiger partial charge on any atom is -0.452 e. The first-order chi connectivity index (χ1) is 10.8. The van der Waals surface area contributed by atoms with Crippen molar-refractivity contribution in [3.05, 3.63) is 35.5 Å². The second kappa shape index (κ2) is 5.11. The van der Waals surface area contributed by atoms with Gasteiger partial charge in [0.05, 0.1) is 30.5 Å². The molecule has 0 unspecified atom stereocenters. The SMILES string of the molecule is COC(=O)n1c2c(c3ccccc31)[C@@H](OC)CN1CCC[C@@H]21. The molecule has 1 saturated heterocycles. The highest BCUT2D eigenvalue weighted by Crippen LogP contribution is 2.46. The largest absolute Gasteiger partial charge is 0.452 e. The zero-order chi connectivity index (χ0) is 15.3. The van der Waals surface area contributed by atoms with Gasteiger partial charge in [0.2, 0.25) is 0 Å². The summed E-state index contributed by atoms with van der Waals surface area (Å²) in [5.74, 6) is 0. The second-order valence-corrected chi connectivity index (χ2v) is 6.00. The summed E-state index contributed by atoms with van der Waals surface area (Å²) < 4.78 is 12.6. The molecule has 0 bridgehead atoms. The van der Waals surface area contributed by atoms with Crippen molar-refractivity contribution in [3.8, 4) is 0 Å². The van der Waals surface area contributed by atoms with Gasteiger partial charge in [-0.3, -0.25) is 4.90 Å². The van der Waals surface area contributed by atoms with Crippen LogP contribution in [-0.4, -0.2) is 42.9 Å². The van der Waals surface area contributed by atoms with Crippen molar-refractivity contribution in [3.63, 3.8) is 0 Å². The molecule has 1 aromatic heterocycles. The molecule has 4 rings (SSSR count). The molecule has 0 aliphatic carbocycles. The standard InChI is InChI=1S/C17H20N2O3/c1-21-14-10-18-9-5-8-13(18)16-15(14)11-6-3-4-7-12(11)19(16)17(20)22-2/h3-4,6-7,13-14H,5,8-10H2,1-2H3/t13-,14-/m0/s1. The van der Waals surface area contributed by atoms with E-state index in [1.807, 2.05) is 18.2 Å². The molecule has 2 aromatic rings. The van der Waals surface area contributed by atoms with Crippen LogP contribution in [0.4, 0.5) is 4.79 Å². The molecule has 3 heterocycles. The summed E-state index contributed by atoms with van der Waals surface area (Å²) in [6.07, 6.45) is 1.92. The van der Waals surface area contributed by atoms with E-state index in [0.717, 1.165) is 48.1 Å². The predicted molar refractivity (Wildman–Crippen MR) is 83.0 cm³/mol. The highest BCUT2D eigenvalue weighted by atomic mass is 16.5. The Balaban J connectivity index is 2.06. The van der Waals surface area contributed by atoms with E-state index in [2.05, 4.69) is 11.0 Å². The monoisotopic (exact) mass is 300 g/mol. The lowest BCUT2D eigenvalue weighted by molar-refractivity contribution is 0.0437. The fourth-order valence-corrected chi connectivity index (χ4v) is 4.09. The second-order valence-electron chi connectivity index (χ2n) is 6.00. The van der Waals surface area contributed by atoms with Crippen molar-refractivity contribution < 1.29 is 14.3 Å². The summed E-state index contributed by atoms with van der Waals surface area (Å²) in [5, 5.41) is 1.10. The summed E-state index contributed by atoms with van der Waals surface area (Å²) >= 11 is 0. The molecule has 2 atom stereocenters. The molecule has 5 nitrogen and oxygen atoms in total. The quantitative estimate of drug-likeness (QED) is 0.812. The van der Waals surface area contributed by atoms with Crippen LogP contribution in [0.25, 0.3) is 10.9 Å². The smallest absolute Gasteiger partial charge is 0.418 e. The molecule has 1 aromatic carbocycles. The molecule has 116 valence electrons. The first-order valence-electron chi connectivity index (χ1n) is 7.74. The number of carbonyl (C=O) groups excluding carboxylic acids is 1. The van der Waals surface area contributed by atoms with Gasteiger partial charge in [-0.1, -0.05) is 18.2 Å². The maximum absolute atomic E-state index is 12.4. The minimum absolute atomic E-state index is 0.000145. The van der Waals surface area contributed by atoms with Gasteiger partial charge >= 0.3 is 6.09 Å². The first kappa shape index (κ1) is 13.8. The molecule has 0 N–H and O–H groups in total. The maximum Gasteiger partial charge on any atom is 0.418 e. The van der Waals surface area contributed by atoms with Crippen molar-refractivity contribution in [1.29, 1.82) is 0 Å². The van der Waals surface area contributed by atoms with Crippen molar-refractivity contribution in [2.75, 3.05) is 27.3 Å². The van der Waals surface area contributed by atoms with Crippen LogP contribution in [0.1, 0.15) is 36.2 Å². The normalized spacial score (nSPS) is 24.3. The number of para-hydroxylation sites is 1. The van der Waals surface area contributed by atoms with Gasteiger partial charge in [-0.05, 0) is 25.5 Å². The molecular formula is C17H20N2O3. The van der Waals surface area contributed by atoms with Gasteiger partial charge in [0, 0.05) is 24.6 Å². The number of methoxy groups -OCH3 is 2. The predicted octanol–water partition coefficient (Wildman–Crippen LogP) is 3.09. The molecular weight excluding hydrogens is 280 g/mol. The van der Waals surface area contributed by atoms with E-state index in [1.54, 1.807) is 11.7 Å². The van der Waals surface area contributed by atoms with Gasteiger partial charge < -0.3 is 9.47 Å². The van der Waals surface area contributed by atoms with E-state index >= 15 is 0 Å². The van der Waals surface area contributed by atoms with Gasteiger partial charge in [0.1, 0.15) is 0 Å². The molecule has 22 heavy (non-hydrogen) atoms. The van der Waals surface area contributed by atoms with Crippen LogP contribution in [0.2, 0.25) is 0 Å². The Morgan fingerprint density at radius 3 is 2.86 bits per heavy atom.